The lowest BCUT2D eigenvalue weighted by Gasteiger charge is -2.41. The molecule has 2 aromatic rings. The summed E-state index contributed by atoms with van der Waals surface area (Å²) >= 11 is 0. The molecule has 2 heterocycles. The Kier molecular flexibility index (Phi) is 5.31. The maximum Gasteiger partial charge on any atom is 0.310 e. The van der Waals surface area contributed by atoms with Crippen molar-refractivity contribution in [1.29, 1.82) is 5.26 Å². The van der Waals surface area contributed by atoms with Crippen molar-refractivity contribution in [2.75, 3.05) is 20.0 Å². The molecule has 4 rings (SSSR count). The van der Waals surface area contributed by atoms with Crippen molar-refractivity contribution >= 4 is 6.02 Å². The molecule has 8 heteroatoms. The van der Waals surface area contributed by atoms with Crippen LogP contribution in [0.25, 0.3) is 11.1 Å². The summed E-state index contributed by atoms with van der Waals surface area (Å²) < 4.78 is 46.8. The Morgan fingerprint density at radius 1 is 1.07 bits per heavy atom. The Morgan fingerprint density at radius 3 is 2.73 bits per heavy atom. The minimum Gasteiger partial charge on any atom is -0.467 e. The lowest BCUT2D eigenvalue weighted by atomic mass is 9.78. The average Bonchev–Trinajstić information content (AvgIpc) is 2.75. The van der Waals surface area contributed by atoms with Crippen LogP contribution in [0, 0.1) is 11.3 Å². The Hall–Kier alpha value is -3.18. The first-order valence-electron chi connectivity index (χ1n) is 9.67. The fraction of sp³-hybridized carbons (Fsp3) is 0.364. The van der Waals surface area contributed by atoms with Gasteiger partial charge in [0.1, 0.15) is 5.75 Å². The SMILES string of the molecule is N#Cc1cccc(-c2ccc3c(c2)[C@@]2(CCCCOCO3)N=C(N)OCC2(F)F)c1. The first-order valence-corrected chi connectivity index (χ1v) is 9.67. The van der Waals surface area contributed by atoms with Gasteiger partial charge in [-0.15, -0.1) is 0 Å². The van der Waals surface area contributed by atoms with Gasteiger partial charge in [-0.3, -0.25) is 0 Å². The lowest BCUT2D eigenvalue weighted by Crippen LogP contribution is -2.53. The Morgan fingerprint density at radius 2 is 1.90 bits per heavy atom. The van der Waals surface area contributed by atoms with Crippen LogP contribution in [0.5, 0.6) is 5.75 Å². The summed E-state index contributed by atoms with van der Waals surface area (Å²) in [5, 5.41) is 9.20. The average molecular weight is 413 g/mol. The summed E-state index contributed by atoms with van der Waals surface area (Å²) in [4.78, 5) is 4.16. The van der Waals surface area contributed by atoms with Gasteiger partial charge in [-0.05, 0) is 54.7 Å². The minimum absolute atomic E-state index is 0.0480. The number of benzene rings is 2. The molecule has 2 aromatic carbocycles. The van der Waals surface area contributed by atoms with Crippen LogP contribution < -0.4 is 10.5 Å². The summed E-state index contributed by atoms with van der Waals surface area (Å²) in [5.41, 5.74) is 5.95. The van der Waals surface area contributed by atoms with Crippen molar-refractivity contribution in [3.63, 3.8) is 0 Å². The fourth-order valence-corrected chi connectivity index (χ4v) is 3.89. The quantitative estimate of drug-likeness (QED) is 0.765. The summed E-state index contributed by atoms with van der Waals surface area (Å²) in [6.45, 7) is -0.494. The van der Waals surface area contributed by atoms with Crippen LogP contribution in [-0.2, 0) is 15.0 Å². The largest absolute Gasteiger partial charge is 0.467 e. The molecule has 6 nitrogen and oxygen atoms in total. The molecule has 2 aliphatic heterocycles. The van der Waals surface area contributed by atoms with Crippen molar-refractivity contribution in [1.82, 2.24) is 0 Å². The lowest BCUT2D eigenvalue weighted by molar-refractivity contribution is -0.128. The van der Waals surface area contributed by atoms with Crippen LogP contribution in [-0.4, -0.2) is 32.0 Å². The van der Waals surface area contributed by atoms with E-state index in [1.165, 1.54) is 0 Å². The number of nitriles is 1. The number of hydrogen-bond acceptors (Lipinski definition) is 6. The topological polar surface area (TPSA) is 89.9 Å². The molecule has 0 radical (unpaired) electrons. The summed E-state index contributed by atoms with van der Waals surface area (Å²) in [6, 6.07) is 13.8. The van der Waals surface area contributed by atoms with Gasteiger partial charge in [0.2, 0.25) is 0 Å². The molecular formula is C22H21F2N3O3. The van der Waals surface area contributed by atoms with Gasteiger partial charge >= 0.3 is 5.92 Å². The summed E-state index contributed by atoms with van der Waals surface area (Å²) in [6.07, 6.45) is 1.13. The van der Waals surface area contributed by atoms with Gasteiger partial charge in [-0.25, -0.2) is 4.99 Å². The Labute approximate surface area is 172 Å². The van der Waals surface area contributed by atoms with Gasteiger partial charge in [0.25, 0.3) is 6.02 Å². The fourth-order valence-electron chi connectivity index (χ4n) is 3.89. The van der Waals surface area contributed by atoms with Crippen LogP contribution in [0.4, 0.5) is 8.78 Å². The molecule has 30 heavy (non-hydrogen) atoms. The van der Waals surface area contributed by atoms with E-state index in [2.05, 4.69) is 11.1 Å². The molecular weight excluding hydrogens is 392 g/mol. The second-order valence-electron chi connectivity index (χ2n) is 7.33. The predicted molar refractivity (Wildman–Crippen MR) is 106 cm³/mol. The molecule has 0 aromatic heterocycles. The zero-order valence-corrected chi connectivity index (χ0v) is 16.2. The van der Waals surface area contributed by atoms with Gasteiger partial charge in [-0.1, -0.05) is 18.2 Å². The molecule has 1 atom stereocenters. The Balaban J connectivity index is 1.93. The normalized spacial score (nSPS) is 23.3. The van der Waals surface area contributed by atoms with Crippen molar-refractivity contribution < 1.29 is 23.0 Å². The molecule has 0 fully saturated rings. The van der Waals surface area contributed by atoms with Crippen molar-refractivity contribution in [2.24, 2.45) is 10.7 Å². The molecule has 0 saturated heterocycles. The van der Waals surface area contributed by atoms with Crippen molar-refractivity contribution in [3.05, 3.63) is 53.6 Å². The van der Waals surface area contributed by atoms with Crippen LogP contribution in [0.3, 0.4) is 0 Å². The van der Waals surface area contributed by atoms with Crippen LogP contribution in [0.2, 0.25) is 0 Å². The smallest absolute Gasteiger partial charge is 0.310 e. The molecule has 1 spiro atoms. The standard InChI is InChI=1S/C22H21F2N3O3/c23-22(24)13-29-20(26)27-21(22)8-1-2-9-28-14-30-19-7-6-17(11-18(19)21)16-5-3-4-15(10-16)12-25/h3-7,10-11H,1-2,8-9,13-14H2,(H2,26,27)/t21-/m1/s1. The van der Waals surface area contributed by atoms with E-state index in [9.17, 15) is 5.26 Å². The number of hydrogen-bond donors (Lipinski definition) is 1. The van der Waals surface area contributed by atoms with E-state index >= 15 is 8.78 Å². The van der Waals surface area contributed by atoms with E-state index in [1.807, 2.05) is 6.07 Å². The number of fused-ring (bicyclic) bond motifs is 2. The number of amidine groups is 1. The highest BCUT2D eigenvalue weighted by molar-refractivity contribution is 5.74. The minimum atomic E-state index is -3.29. The van der Waals surface area contributed by atoms with Gasteiger partial charge in [0.05, 0.1) is 18.2 Å². The number of ether oxygens (including phenoxy) is 3. The third-order valence-electron chi connectivity index (χ3n) is 5.43. The highest BCUT2D eigenvalue weighted by Gasteiger charge is 2.59. The highest BCUT2D eigenvalue weighted by Crippen LogP contribution is 2.51. The number of nitrogens with two attached hydrogens (primary N) is 1. The van der Waals surface area contributed by atoms with E-state index in [4.69, 9.17) is 19.9 Å². The number of nitrogens with zero attached hydrogens (tertiary/aromatic N) is 2. The highest BCUT2D eigenvalue weighted by atomic mass is 19.3. The number of halogens is 2. The van der Waals surface area contributed by atoms with Gasteiger partial charge in [0, 0.05) is 5.56 Å². The van der Waals surface area contributed by atoms with Gasteiger partial charge in [-0.2, -0.15) is 14.0 Å². The maximum atomic E-state index is 15.4. The van der Waals surface area contributed by atoms with Gasteiger partial charge in [0.15, 0.2) is 18.9 Å². The van der Waals surface area contributed by atoms with Crippen LogP contribution in [0.15, 0.2) is 47.5 Å². The third kappa shape index (κ3) is 3.57. The molecule has 0 bridgehead atoms. The molecule has 2 N–H and O–H groups in total. The molecule has 0 saturated carbocycles. The van der Waals surface area contributed by atoms with E-state index in [0.717, 1.165) is 5.56 Å². The van der Waals surface area contributed by atoms with E-state index in [1.54, 1.807) is 36.4 Å². The molecule has 156 valence electrons. The molecule has 0 amide bonds. The second kappa shape index (κ2) is 7.92. The molecule has 0 aliphatic carbocycles. The molecule has 0 unspecified atom stereocenters. The monoisotopic (exact) mass is 413 g/mol. The second-order valence-corrected chi connectivity index (χ2v) is 7.33. The summed E-state index contributed by atoms with van der Waals surface area (Å²) in [7, 11) is 0. The van der Waals surface area contributed by atoms with E-state index in [0.29, 0.717) is 30.6 Å². The third-order valence-corrected chi connectivity index (χ3v) is 5.43. The Bertz CT molecular complexity index is 1020. The van der Waals surface area contributed by atoms with E-state index < -0.39 is 18.1 Å². The van der Waals surface area contributed by atoms with E-state index in [-0.39, 0.29) is 30.5 Å². The van der Waals surface area contributed by atoms with Crippen molar-refractivity contribution in [3.8, 4) is 22.9 Å². The predicted octanol–water partition coefficient (Wildman–Crippen LogP) is 3.94. The van der Waals surface area contributed by atoms with Crippen LogP contribution >= 0.6 is 0 Å². The zero-order valence-electron chi connectivity index (χ0n) is 16.2. The summed E-state index contributed by atoms with van der Waals surface area (Å²) in [5.74, 6) is -3.03. The van der Waals surface area contributed by atoms with Crippen LogP contribution in [0.1, 0.15) is 30.4 Å². The maximum absolute atomic E-state index is 15.4. The number of rotatable bonds is 1. The first kappa shape index (κ1) is 20.1. The zero-order chi connectivity index (χ0) is 21.2. The number of aliphatic imine (C=N–C) groups is 1. The van der Waals surface area contributed by atoms with Crippen molar-refractivity contribution in [2.45, 2.75) is 30.7 Å². The molecule has 2 aliphatic rings. The number of alkyl halides is 2. The first-order chi connectivity index (χ1) is 14.4. The van der Waals surface area contributed by atoms with Gasteiger partial charge < -0.3 is 19.9 Å².